The van der Waals surface area contributed by atoms with E-state index in [1.807, 2.05) is 0 Å². The van der Waals surface area contributed by atoms with Crippen LogP contribution >= 0.6 is 0 Å². The van der Waals surface area contributed by atoms with Crippen molar-refractivity contribution in [3.05, 3.63) is 0 Å². The van der Waals surface area contributed by atoms with Gasteiger partial charge in [0.15, 0.2) is 0 Å². The summed E-state index contributed by atoms with van der Waals surface area (Å²) in [6, 6.07) is 0. The first kappa shape index (κ1) is 10.3. The van der Waals surface area contributed by atoms with Gasteiger partial charge in [-0.15, -0.1) is 0 Å². The second kappa shape index (κ2) is 6.22. The average Bonchev–Trinajstić information content (AvgIpc) is 0.811. The zero-order valence-electron chi connectivity index (χ0n) is 1.64. The van der Waals surface area contributed by atoms with Crippen LogP contribution in [0, 0.1) is 10.8 Å². The minimum atomic E-state index is -2.60. The molecule has 0 aliphatic heterocycles. The second-order valence-corrected chi connectivity index (χ2v) is 0.603. The minimum Gasteiger partial charge on any atom is -0.321 e. The predicted octanol–water partition coefficient (Wildman–Crippen LogP) is -3.58. The molecule has 0 aromatic rings. The SMILES string of the molecule is [CsH].[O-][Cl+2]([O-])O. The van der Waals surface area contributed by atoms with Crippen LogP contribution < -0.4 is 9.32 Å². The second-order valence-electron chi connectivity index (χ2n) is 0.201. The molecule has 0 saturated carbocycles. The fourth-order valence-corrected chi connectivity index (χ4v) is 0. The summed E-state index contributed by atoms with van der Waals surface area (Å²) < 4.78 is 24.0. The minimum absolute atomic E-state index is 0. The van der Waals surface area contributed by atoms with E-state index in [0.29, 0.717) is 0 Å². The van der Waals surface area contributed by atoms with E-state index in [-0.39, 0.29) is 68.9 Å². The first-order valence-corrected chi connectivity index (χ1v) is 1.43. The molecule has 0 fully saturated rings. The molecule has 5 heteroatoms. The van der Waals surface area contributed by atoms with Crippen molar-refractivity contribution in [3.63, 3.8) is 0 Å². The maximum Gasteiger partial charge on any atom is 0.282 e. The summed E-state index contributed by atoms with van der Waals surface area (Å²) >= 11 is 0. The van der Waals surface area contributed by atoms with E-state index in [0.717, 1.165) is 0 Å². The Hall–Kier alpha value is 2.22. The Labute approximate surface area is 91.2 Å². The fraction of sp³-hybridized carbons (Fsp3) is 0. The topological polar surface area (TPSA) is 66.3 Å². The maximum absolute atomic E-state index is 8.52. The van der Waals surface area contributed by atoms with E-state index < -0.39 is 10.8 Å². The van der Waals surface area contributed by atoms with Gasteiger partial charge < -0.3 is 9.32 Å². The van der Waals surface area contributed by atoms with Gasteiger partial charge in [-0.2, -0.15) is 0 Å². The quantitative estimate of drug-likeness (QED) is 0.457. The molecule has 0 aliphatic rings. The van der Waals surface area contributed by atoms with Crippen LogP contribution in [0.3, 0.4) is 0 Å². The summed E-state index contributed by atoms with van der Waals surface area (Å²) in [7, 11) is -2.60. The predicted molar refractivity (Wildman–Crippen MR) is 9.37 cm³/mol. The van der Waals surface area contributed by atoms with Gasteiger partial charge in [0, 0.05) is 4.66 Å². The van der Waals surface area contributed by atoms with E-state index in [9.17, 15) is 0 Å². The van der Waals surface area contributed by atoms with E-state index >= 15 is 0 Å². The van der Waals surface area contributed by atoms with Gasteiger partial charge in [-0.25, -0.2) is 0 Å². The molecule has 5 heavy (non-hydrogen) atoms. The molecule has 0 bridgehead atoms. The van der Waals surface area contributed by atoms with Gasteiger partial charge in [0.25, 0.3) is 10.8 Å². The van der Waals surface area contributed by atoms with Crippen molar-refractivity contribution >= 4 is 68.9 Å². The van der Waals surface area contributed by atoms with Crippen LogP contribution in [0.2, 0.25) is 0 Å². The van der Waals surface area contributed by atoms with Crippen LogP contribution in [0.1, 0.15) is 0 Å². The third-order valence-corrected chi connectivity index (χ3v) is 0. The largest absolute Gasteiger partial charge is 0.321 e. The number of hydrogen-bond acceptors (Lipinski definition) is 3. The van der Waals surface area contributed by atoms with Crippen LogP contribution in [0.15, 0.2) is 0 Å². The smallest absolute Gasteiger partial charge is 0.282 e. The van der Waals surface area contributed by atoms with Crippen molar-refractivity contribution in [3.8, 4) is 0 Å². The molecule has 0 unspecified atom stereocenters. The standard InChI is InChI=1S/ClHO3.Cs.H/c2-1(3)4;;/h2H;;. The number of hydrogen-bond donors (Lipinski definition) is 1. The Bertz CT molecular complexity index is 11.6. The van der Waals surface area contributed by atoms with Gasteiger partial charge in [0.1, 0.15) is 0 Å². The van der Waals surface area contributed by atoms with Crippen molar-refractivity contribution in [1.82, 2.24) is 0 Å². The molecular weight excluding hydrogens is 216 g/mol. The molecule has 0 saturated heterocycles. The monoisotopic (exact) mass is 218 g/mol. The van der Waals surface area contributed by atoms with Gasteiger partial charge in [0.05, 0.1) is 0 Å². The van der Waals surface area contributed by atoms with E-state index in [1.54, 1.807) is 0 Å². The summed E-state index contributed by atoms with van der Waals surface area (Å²) in [5.74, 6) is 0. The first-order chi connectivity index (χ1) is 1.73. The summed E-state index contributed by atoms with van der Waals surface area (Å²) in [6.45, 7) is 0. The Morgan fingerprint density at radius 1 is 1.40 bits per heavy atom. The van der Waals surface area contributed by atoms with E-state index in [2.05, 4.69) is 0 Å². The van der Waals surface area contributed by atoms with Crippen LogP contribution in [-0.4, -0.2) is 73.6 Å². The third-order valence-electron chi connectivity index (χ3n) is 0. The van der Waals surface area contributed by atoms with Crippen LogP contribution in [-0.2, 0) is 0 Å². The summed E-state index contributed by atoms with van der Waals surface area (Å²) in [4.78, 5) is 0. The van der Waals surface area contributed by atoms with Crippen LogP contribution in [0.25, 0.3) is 0 Å². The Morgan fingerprint density at radius 2 is 1.40 bits per heavy atom. The first-order valence-electron chi connectivity index (χ1n) is 0.478. The van der Waals surface area contributed by atoms with Crippen molar-refractivity contribution in [2.24, 2.45) is 0 Å². The summed E-state index contributed by atoms with van der Waals surface area (Å²) in [5.41, 5.74) is 0. The molecule has 3 nitrogen and oxygen atoms in total. The molecule has 0 heterocycles. The maximum atomic E-state index is 8.52. The van der Waals surface area contributed by atoms with Gasteiger partial charge in [0.2, 0.25) is 0 Å². The molecule has 0 spiro atoms. The molecule has 0 rings (SSSR count). The molecule has 0 aliphatic carbocycles. The fourth-order valence-electron chi connectivity index (χ4n) is 0. The van der Waals surface area contributed by atoms with Gasteiger partial charge in [-0.05, 0) is 0 Å². The molecule has 0 aromatic heterocycles. The van der Waals surface area contributed by atoms with Crippen molar-refractivity contribution in [2.45, 2.75) is 0 Å². The van der Waals surface area contributed by atoms with Gasteiger partial charge >= 0.3 is 68.9 Å². The molecule has 0 amide bonds. The summed E-state index contributed by atoms with van der Waals surface area (Å²) in [5, 5.41) is 0. The normalized spacial score (nSPS) is 7.20. The average molecular weight is 218 g/mol. The zero-order valence-corrected chi connectivity index (χ0v) is 2.40. The zero-order chi connectivity index (χ0) is 3.58. The van der Waals surface area contributed by atoms with Crippen LogP contribution in [0.4, 0.5) is 0 Å². The van der Waals surface area contributed by atoms with E-state index in [4.69, 9.17) is 14.0 Å². The van der Waals surface area contributed by atoms with Gasteiger partial charge in [-0.1, -0.05) is 0 Å². The molecule has 0 atom stereocenters. The van der Waals surface area contributed by atoms with Crippen molar-refractivity contribution in [1.29, 1.82) is 0 Å². The van der Waals surface area contributed by atoms with Gasteiger partial charge in [-0.3, -0.25) is 0 Å². The van der Waals surface area contributed by atoms with Crippen molar-refractivity contribution in [2.75, 3.05) is 0 Å². The summed E-state index contributed by atoms with van der Waals surface area (Å²) in [6.07, 6.45) is 0. The third kappa shape index (κ3) is 22.5. The number of halogens is 1. The molecule has 28 valence electrons. The molecule has 1 N–H and O–H groups in total. The Kier molecular flexibility index (Phi) is 12.8. The molecule has 0 aromatic carbocycles. The Balaban J connectivity index is 0. The van der Waals surface area contributed by atoms with Crippen molar-refractivity contribution < 1.29 is 24.8 Å². The number of rotatable bonds is 0. The Morgan fingerprint density at radius 3 is 1.40 bits per heavy atom. The van der Waals surface area contributed by atoms with E-state index in [1.165, 1.54) is 0 Å². The molecule has 0 radical (unpaired) electrons. The molecular formula is H2ClCsO3. The van der Waals surface area contributed by atoms with Crippen LogP contribution in [0.5, 0.6) is 0 Å².